The van der Waals surface area contributed by atoms with E-state index in [0.717, 1.165) is 5.56 Å². The molecule has 0 atom stereocenters. The zero-order valence-electron chi connectivity index (χ0n) is 12.1. The van der Waals surface area contributed by atoms with Crippen LogP contribution in [0.25, 0.3) is 0 Å². The van der Waals surface area contributed by atoms with Gasteiger partial charge in [0.25, 0.3) is 5.91 Å². The van der Waals surface area contributed by atoms with Crippen molar-refractivity contribution in [2.24, 2.45) is 0 Å². The van der Waals surface area contributed by atoms with Gasteiger partial charge in [-0.1, -0.05) is 35.3 Å². The summed E-state index contributed by atoms with van der Waals surface area (Å²) in [6.07, 6.45) is 0. The third-order valence-corrected chi connectivity index (χ3v) is 3.53. The Labute approximate surface area is 146 Å². The summed E-state index contributed by atoms with van der Waals surface area (Å²) in [5.74, 6) is -4.01. The van der Waals surface area contributed by atoms with Crippen molar-refractivity contribution in [2.45, 2.75) is 6.54 Å². The van der Waals surface area contributed by atoms with Crippen molar-refractivity contribution in [2.75, 3.05) is 6.61 Å². The van der Waals surface area contributed by atoms with Gasteiger partial charge in [-0.2, -0.15) is 0 Å². The molecule has 0 spiro atoms. The number of nitrogens with one attached hydrogen (secondary N) is 1. The fourth-order valence-corrected chi connectivity index (χ4v) is 2.10. The molecule has 0 radical (unpaired) electrons. The fourth-order valence-electron chi connectivity index (χ4n) is 1.74. The normalized spacial score (nSPS) is 10.3. The summed E-state index contributed by atoms with van der Waals surface area (Å²) >= 11 is 11.4. The van der Waals surface area contributed by atoms with Crippen LogP contribution in [0, 0.1) is 11.6 Å². The van der Waals surface area contributed by atoms with Crippen LogP contribution >= 0.6 is 23.2 Å². The first-order valence-corrected chi connectivity index (χ1v) is 7.45. The van der Waals surface area contributed by atoms with Crippen molar-refractivity contribution in [3.05, 3.63) is 69.2 Å². The van der Waals surface area contributed by atoms with Gasteiger partial charge < -0.3 is 10.1 Å². The molecule has 0 heterocycles. The summed E-state index contributed by atoms with van der Waals surface area (Å²) in [4.78, 5) is 23.4. The number of benzene rings is 2. The predicted octanol–water partition coefficient (Wildman–Crippen LogP) is 3.74. The van der Waals surface area contributed by atoms with E-state index in [0.29, 0.717) is 17.2 Å². The Kier molecular flexibility index (Phi) is 6.11. The summed E-state index contributed by atoms with van der Waals surface area (Å²) in [5.41, 5.74) is 0.448. The van der Waals surface area contributed by atoms with Crippen LogP contribution in [0.4, 0.5) is 8.78 Å². The Balaban J connectivity index is 1.86. The Morgan fingerprint density at radius 1 is 1.04 bits per heavy atom. The number of hydrogen-bond acceptors (Lipinski definition) is 3. The topological polar surface area (TPSA) is 55.4 Å². The molecule has 0 saturated carbocycles. The molecule has 1 N–H and O–H groups in total. The van der Waals surface area contributed by atoms with Crippen LogP contribution < -0.4 is 5.32 Å². The molecule has 0 aliphatic rings. The van der Waals surface area contributed by atoms with E-state index in [2.05, 4.69) is 5.32 Å². The van der Waals surface area contributed by atoms with E-state index in [9.17, 15) is 18.4 Å². The molecule has 0 fully saturated rings. The second kappa shape index (κ2) is 8.08. The molecule has 24 heavy (non-hydrogen) atoms. The molecule has 1 amide bonds. The first kappa shape index (κ1) is 18.2. The number of amides is 1. The number of ether oxygens (including phenoxy) is 1. The van der Waals surface area contributed by atoms with Crippen LogP contribution in [0.15, 0.2) is 36.4 Å². The Hall–Kier alpha value is -2.18. The highest BCUT2D eigenvalue weighted by Crippen LogP contribution is 2.20. The van der Waals surface area contributed by atoms with Gasteiger partial charge in [-0.05, 0) is 29.8 Å². The number of esters is 1. The third-order valence-electron chi connectivity index (χ3n) is 2.97. The predicted molar refractivity (Wildman–Crippen MR) is 84.9 cm³/mol. The maximum absolute atomic E-state index is 13.1. The first-order chi connectivity index (χ1) is 11.4. The molecular formula is C16H11Cl2F2NO3. The zero-order chi connectivity index (χ0) is 17.7. The zero-order valence-corrected chi connectivity index (χ0v) is 13.6. The highest BCUT2D eigenvalue weighted by atomic mass is 35.5. The minimum absolute atomic E-state index is 0.222. The number of carbonyl (C=O) groups excluding carboxylic acids is 2. The lowest BCUT2D eigenvalue weighted by Crippen LogP contribution is -2.28. The summed E-state index contributed by atoms with van der Waals surface area (Å²) in [6.45, 7) is -0.360. The first-order valence-electron chi connectivity index (χ1n) is 6.69. The summed E-state index contributed by atoms with van der Waals surface area (Å²) < 4.78 is 30.8. The lowest BCUT2D eigenvalue weighted by Gasteiger charge is -2.08. The minimum atomic E-state index is -1.24. The molecule has 0 unspecified atom stereocenters. The monoisotopic (exact) mass is 373 g/mol. The lowest BCUT2D eigenvalue weighted by molar-refractivity contribution is -0.124. The smallest absolute Gasteiger partial charge is 0.340 e. The van der Waals surface area contributed by atoms with Crippen molar-refractivity contribution in [1.82, 2.24) is 5.32 Å². The highest BCUT2D eigenvalue weighted by Gasteiger charge is 2.17. The van der Waals surface area contributed by atoms with Gasteiger partial charge in [-0.15, -0.1) is 0 Å². The van der Waals surface area contributed by atoms with Gasteiger partial charge in [0.15, 0.2) is 18.2 Å². The summed E-state index contributed by atoms with van der Waals surface area (Å²) in [6, 6.07) is 8.09. The van der Waals surface area contributed by atoms with Crippen LogP contribution in [-0.2, 0) is 16.1 Å². The van der Waals surface area contributed by atoms with Gasteiger partial charge in [0.1, 0.15) is 0 Å². The third kappa shape index (κ3) is 4.91. The van der Waals surface area contributed by atoms with Gasteiger partial charge in [-0.3, -0.25) is 4.79 Å². The van der Waals surface area contributed by atoms with Crippen LogP contribution in [0.5, 0.6) is 0 Å². The molecular weight excluding hydrogens is 363 g/mol. The van der Waals surface area contributed by atoms with Crippen LogP contribution in [0.1, 0.15) is 15.9 Å². The lowest BCUT2D eigenvalue weighted by atomic mass is 10.2. The molecule has 0 saturated heterocycles. The average Bonchev–Trinajstić information content (AvgIpc) is 2.55. The molecule has 0 aromatic heterocycles. The maximum atomic E-state index is 13.1. The number of carbonyl (C=O) groups is 2. The molecule has 0 aliphatic carbocycles. The fraction of sp³-hybridized carbons (Fsp3) is 0.125. The number of hydrogen-bond donors (Lipinski definition) is 1. The van der Waals surface area contributed by atoms with Gasteiger partial charge >= 0.3 is 5.97 Å². The Morgan fingerprint density at radius 3 is 2.33 bits per heavy atom. The van der Waals surface area contributed by atoms with Crippen molar-refractivity contribution >= 4 is 35.1 Å². The summed E-state index contributed by atoms with van der Waals surface area (Å²) in [5, 5.41) is 2.80. The minimum Gasteiger partial charge on any atom is -0.452 e. The van der Waals surface area contributed by atoms with Gasteiger partial charge in [0.2, 0.25) is 0 Å². The van der Waals surface area contributed by atoms with Crippen molar-refractivity contribution in [3.63, 3.8) is 0 Å². The quantitative estimate of drug-likeness (QED) is 0.641. The Bertz CT molecular complexity index is 767. The van der Waals surface area contributed by atoms with Gasteiger partial charge in [0.05, 0.1) is 10.6 Å². The second-order valence-electron chi connectivity index (χ2n) is 4.73. The molecule has 126 valence electrons. The van der Waals surface area contributed by atoms with Crippen LogP contribution in [0.2, 0.25) is 10.0 Å². The largest absolute Gasteiger partial charge is 0.452 e. The molecule has 2 aromatic carbocycles. The molecule has 2 rings (SSSR count). The van der Waals surface area contributed by atoms with Crippen molar-refractivity contribution < 1.29 is 23.1 Å². The van der Waals surface area contributed by atoms with Crippen molar-refractivity contribution in [1.29, 1.82) is 0 Å². The van der Waals surface area contributed by atoms with Crippen LogP contribution in [-0.4, -0.2) is 18.5 Å². The average molecular weight is 374 g/mol. The molecule has 0 aliphatic heterocycles. The summed E-state index contributed by atoms with van der Waals surface area (Å²) in [7, 11) is 0. The van der Waals surface area contributed by atoms with Crippen molar-refractivity contribution in [3.8, 4) is 0 Å². The highest BCUT2D eigenvalue weighted by molar-refractivity contribution is 6.33. The standard InChI is InChI=1S/C16H11Cl2F2NO3/c17-10-3-1-9(2-4-10)7-21-15(22)8-24-16(23)11-5-13(19)14(20)6-12(11)18/h1-6H,7-8H2,(H,21,22). The number of rotatable bonds is 5. The van der Waals surface area contributed by atoms with Crippen LogP contribution in [0.3, 0.4) is 0 Å². The number of halogens is 4. The molecule has 2 aromatic rings. The van der Waals surface area contributed by atoms with E-state index in [4.69, 9.17) is 27.9 Å². The Morgan fingerprint density at radius 2 is 1.67 bits per heavy atom. The molecule has 0 bridgehead atoms. The van der Waals surface area contributed by atoms with E-state index in [-0.39, 0.29) is 17.1 Å². The van der Waals surface area contributed by atoms with Gasteiger partial charge in [0, 0.05) is 11.6 Å². The SMILES string of the molecule is O=C(COC(=O)c1cc(F)c(F)cc1Cl)NCc1ccc(Cl)cc1. The van der Waals surface area contributed by atoms with E-state index in [1.807, 2.05) is 0 Å². The van der Waals surface area contributed by atoms with E-state index >= 15 is 0 Å². The maximum Gasteiger partial charge on any atom is 0.340 e. The van der Waals surface area contributed by atoms with E-state index in [1.165, 1.54) is 0 Å². The van der Waals surface area contributed by atoms with E-state index < -0.39 is 30.1 Å². The molecule has 4 nitrogen and oxygen atoms in total. The van der Waals surface area contributed by atoms with E-state index in [1.54, 1.807) is 24.3 Å². The van der Waals surface area contributed by atoms with Gasteiger partial charge in [-0.25, -0.2) is 13.6 Å². The second-order valence-corrected chi connectivity index (χ2v) is 5.57. The molecule has 8 heteroatoms.